The summed E-state index contributed by atoms with van der Waals surface area (Å²) in [4.78, 5) is 13.0. The third-order valence-electron chi connectivity index (χ3n) is 6.55. The van der Waals surface area contributed by atoms with Gasteiger partial charge in [0.15, 0.2) is 0 Å². The molecule has 0 saturated heterocycles. The minimum absolute atomic E-state index is 0.0326. The van der Waals surface area contributed by atoms with Gasteiger partial charge in [-0.2, -0.15) is 0 Å². The smallest absolute Gasteiger partial charge is 0.236 e. The molecule has 29 heavy (non-hydrogen) atoms. The Bertz CT molecular complexity index is 1760. The molecule has 2 aromatic carbocycles. The van der Waals surface area contributed by atoms with Crippen LogP contribution in [0.25, 0.3) is 49.8 Å². The van der Waals surface area contributed by atoms with E-state index in [1.807, 2.05) is 36.5 Å². The van der Waals surface area contributed by atoms with Crippen molar-refractivity contribution >= 4 is 55.7 Å². The molecule has 2 aliphatic rings. The first kappa shape index (κ1) is 14.1. The lowest BCUT2D eigenvalue weighted by Gasteiger charge is -2.18. The molecule has 6 aromatic rings. The standard InChI is InChI=1S/C24H13N3O2/c28-24-21-14(11-25-24)19-12-5-1-3-7-15(12)26-17-9-10-18(29-17)27-16-8-4-2-6-13(16)20(21)23(27)22(19)26/h1-11,21H,(H,25,28). The summed E-state index contributed by atoms with van der Waals surface area (Å²) in [5, 5.41) is 5.22. The summed E-state index contributed by atoms with van der Waals surface area (Å²) >= 11 is 0. The number of nitrogens with one attached hydrogen (secondary N) is 1. The number of hydrogen-bond donors (Lipinski definition) is 1. The molecule has 1 amide bonds. The summed E-state index contributed by atoms with van der Waals surface area (Å²) in [5.41, 5.74) is 9.12. The van der Waals surface area contributed by atoms with Crippen molar-refractivity contribution in [1.29, 1.82) is 0 Å². The zero-order valence-electron chi connectivity index (χ0n) is 15.1. The molecule has 1 aliphatic carbocycles. The van der Waals surface area contributed by atoms with E-state index < -0.39 is 0 Å². The number of carbonyl (C=O) groups is 1. The number of benzene rings is 2. The van der Waals surface area contributed by atoms with Crippen molar-refractivity contribution in [3.8, 4) is 0 Å². The minimum Gasteiger partial charge on any atom is -0.424 e. The van der Waals surface area contributed by atoms with E-state index in [1.165, 1.54) is 0 Å². The van der Waals surface area contributed by atoms with Crippen LogP contribution in [0.2, 0.25) is 0 Å². The van der Waals surface area contributed by atoms with Crippen LogP contribution in [0.5, 0.6) is 0 Å². The fourth-order valence-electron chi connectivity index (χ4n) is 5.52. The van der Waals surface area contributed by atoms with Gasteiger partial charge in [-0.25, -0.2) is 0 Å². The molecule has 5 heteroatoms. The minimum atomic E-state index is -0.311. The van der Waals surface area contributed by atoms with E-state index in [0.29, 0.717) is 0 Å². The molecule has 0 fully saturated rings. The molecule has 8 rings (SSSR count). The van der Waals surface area contributed by atoms with E-state index in [-0.39, 0.29) is 11.8 Å². The Morgan fingerprint density at radius 2 is 1.45 bits per heavy atom. The van der Waals surface area contributed by atoms with E-state index in [0.717, 1.165) is 61.0 Å². The number of aromatic nitrogens is 2. The maximum Gasteiger partial charge on any atom is 0.236 e. The van der Waals surface area contributed by atoms with Crippen molar-refractivity contribution in [2.24, 2.45) is 0 Å². The quantitative estimate of drug-likeness (QED) is 0.414. The Labute approximate surface area is 163 Å². The van der Waals surface area contributed by atoms with Crippen LogP contribution in [0.1, 0.15) is 17.0 Å². The van der Waals surface area contributed by atoms with Crippen LogP contribution in [-0.4, -0.2) is 14.7 Å². The lowest BCUT2D eigenvalue weighted by Crippen LogP contribution is -2.19. The number of hydrogen-bond acceptors (Lipinski definition) is 2. The average Bonchev–Trinajstić information content (AvgIpc) is 3.47. The lowest BCUT2D eigenvalue weighted by molar-refractivity contribution is -0.119. The number of para-hydroxylation sites is 2. The van der Waals surface area contributed by atoms with E-state index in [2.05, 4.69) is 44.5 Å². The number of rotatable bonds is 0. The van der Waals surface area contributed by atoms with Crippen molar-refractivity contribution in [3.63, 3.8) is 0 Å². The molecule has 0 saturated carbocycles. The van der Waals surface area contributed by atoms with E-state index in [1.54, 1.807) is 0 Å². The van der Waals surface area contributed by atoms with Crippen LogP contribution in [0.3, 0.4) is 0 Å². The molecule has 1 unspecified atom stereocenters. The second-order valence-electron chi connectivity index (χ2n) is 7.84. The van der Waals surface area contributed by atoms with Crippen LogP contribution in [0.4, 0.5) is 0 Å². The molecular weight excluding hydrogens is 362 g/mol. The topological polar surface area (TPSA) is 51.1 Å². The van der Waals surface area contributed by atoms with Crippen molar-refractivity contribution in [1.82, 2.24) is 14.1 Å². The maximum atomic E-state index is 13.0. The van der Waals surface area contributed by atoms with Crippen molar-refractivity contribution in [3.05, 3.63) is 78.0 Å². The van der Waals surface area contributed by atoms with Crippen LogP contribution >= 0.6 is 0 Å². The molecular formula is C24H13N3O2. The third kappa shape index (κ3) is 1.37. The Kier molecular flexibility index (Phi) is 2.11. The fraction of sp³-hybridized carbons (Fsp3) is 0.0417. The third-order valence-corrected chi connectivity index (χ3v) is 6.55. The molecule has 1 aliphatic heterocycles. The largest absolute Gasteiger partial charge is 0.424 e. The van der Waals surface area contributed by atoms with Gasteiger partial charge in [0.25, 0.3) is 0 Å². The highest BCUT2D eigenvalue weighted by Gasteiger charge is 2.41. The van der Waals surface area contributed by atoms with Gasteiger partial charge in [-0.05, 0) is 17.7 Å². The number of amides is 1. The van der Waals surface area contributed by atoms with Gasteiger partial charge in [-0.3, -0.25) is 13.6 Å². The zero-order chi connectivity index (χ0) is 18.9. The Hall–Kier alpha value is -3.99. The van der Waals surface area contributed by atoms with Crippen LogP contribution in [-0.2, 0) is 4.79 Å². The van der Waals surface area contributed by atoms with Gasteiger partial charge in [0.2, 0.25) is 17.3 Å². The monoisotopic (exact) mass is 375 g/mol. The first-order chi connectivity index (χ1) is 14.3. The fourth-order valence-corrected chi connectivity index (χ4v) is 5.52. The van der Waals surface area contributed by atoms with Crippen molar-refractivity contribution in [2.75, 3.05) is 0 Å². The summed E-state index contributed by atoms with van der Waals surface area (Å²) in [6.07, 6.45) is 1.89. The molecule has 0 radical (unpaired) electrons. The first-order valence-electron chi connectivity index (χ1n) is 9.71. The van der Waals surface area contributed by atoms with Gasteiger partial charge in [0, 0.05) is 40.2 Å². The molecule has 1 N–H and O–H groups in total. The summed E-state index contributed by atoms with van der Waals surface area (Å²) in [7, 11) is 0. The summed E-state index contributed by atoms with van der Waals surface area (Å²) in [6.45, 7) is 0. The Balaban J connectivity index is 1.87. The summed E-state index contributed by atoms with van der Waals surface area (Å²) in [6, 6.07) is 20.7. The van der Waals surface area contributed by atoms with E-state index in [9.17, 15) is 4.79 Å². The van der Waals surface area contributed by atoms with Crippen molar-refractivity contribution < 1.29 is 9.21 Å². The van der Waals surface area contributed by atoms with Gasteiger partial charge in [-0.1, -0.05) is 36.4 Å². The maximum absolute atomic E-state index is 13.0. The number of nitrogens with zero attached hydrogens (tertiary/aromatic N) is 2. The van der Waals surface area contributed by atoms with Crippen LogP contribution in [0, 0.1) is 0 Å². The highest BCUT2D eigenvalue weighted by molar-refractivity contribution is 6.21. The highest BCUT2D eigenvalue weighted by atomic mass is 16.4. The number of carbonyl (C=O) groups excluding carboxylic acids is 1. The zero-order valence-corrected chi connectivity index (χ0v) is 15.1. The number of fused-ring (bicyclic) bond motifs is 13. The summed E-state index contributed by atoms with van der Waals surface area (Å²) in [5.74, 6) is -0.278. The molecule has 5 heterocycles. The molecule has 2 bridgehead atoms. The summed E-state index contributed by atoms with van der Waals surface area (Å²) < 4.78 is 10.7. The predicted molar refractivity (Wildman–Crippen MR) is 112 cm³/mol. The molecule has 1 atom stereocenters. The average molecular weight is 375 g/mol. The van der Waals surface area contributed by atoms with Crippen molar-refractivity contribution in [2.45, 2.75) is 5.92 Å². The predicted octanol–water partition coefficient (Wildman–Crippen LogP) is 4.81. The van der Waals surface area contributed by atoms with Gasteiger partial charge in [-0.15, -0.1) is 0 Å². The van der Waals surface area contributed by atoms with E-state index >= 15 is 0 Å². The van der Waals surface area contributed by atoms with Crippen LogP contribution in [0.15, 0.2) is 71.3 Å². The van der Waals surface area contributed by atoms with E-state index in [4.69, 9.17) is 4.42 Å². The second kappa shape index (κ2) is 4.36. The number of furan rings is 1. The van der Waals surface area contributed by atoms with Gasteiger partial charge >= 0.3 is 0 Å². The molecule has 4 aromatic heterocycles. The molecule has 5 nitrogen and oxygen atoms in total. The normalized spacial score (nSPS) is 17.9. The first-order valence-corrected chi connectivity index (χ1v) is 9.71. The Morgan fingerprint density at radius 3 is 2.24 bits per heavy atom. The Morgan fingerprint density at radius 1 is 0.793 bits per heavy atom. The SMILES string of the molecule is O=C1NC=C2c3c4ccccc4n4c5ccc(o5)n5c6ccccc6c(c5c34)C12. The van der Waals surface area contributed by atoms with Crippen LogP contribution < -0.4 is 5.32 Å². The molecule has 0 spiro atoms. The van der Waals surface area contributed by atoms with Gasteiger partial charge in [0.1, 0.15) is 0 Å². The van der Waals surface area contributed by atoms with Gasteiger partial charge in [0.05, 0.1) is 28.0 Å². The second-order valence-corrected chi connectivity index (χ2v) is 7.84. The van der Waals surface area contributed by atoms with Gasteiger partial charge < -0.3 is 9.73 Å². The highest BCUT2D eigenvalue weighted by Crippen LogP contribution is 2.52. The lowest BCUT2D eigenvalue weighted by atomic mass is 9.82. The molecule has 136 valence electrons.